The SMILES string of the molecule is CC1CN(C(=O)C2COCC2N)CC1C. The number of amides is 1. The molecule has 4 nitrogen and oxygen atoms in total. The first-order valence-electron chi connectivity index (χ1n) is 5.71. The van der Waals surface area contributed by atoms with Crippen LogP contribution in [0.5, 0.6) is 0 Å². The number of rotatable bonds is 1. The third kappa shape index (κ3) is 2.01. The van der Waals surface area contributed by atoms with Gasteiger partial charge in [0.05, 0.1) is 19.1 Å². The summed E-state index contributed by atoms with van der Waals surface area (Å²) < 4.78 is 5.23. The Labute approximate surface area is 90.8 Å². The fourth-order valence-electron chi connectivity index (χ4n) is 2.37. The molecule has 2 N–H and O–H groups in total. The lowest BCUT2D eigenvalue weighted by atomic mass is 10.0. The van der Waals surface area contributed by atoms with Gasteiger partial charge in [-0.25, -0.2) is 0 Å². The minimum absolute atomic E-state index is 0.108. The predicted molar refractivity (Wildman–Crippen MR) is 57.2 cm³/mol. The number of hydrogen-bond donors (Lipinski definition) is 1. The zero-order chi connectivity index (χ0) is 11.0. The van der Waals surface area contributed by atoms with E-state index in [0.29, 0.717) is 25.0 Å². The summed E-state index contributed by atoms with van der Waals surface area (Å²) in [6.07, 6.45) is 0. The van der Waals surface area contributed by atoms with Crippen LogP contribution < -0.4 is 5.73 Å². The van der Waals surface area contributed by atoms with Gasteiger partial charge in [0.1, 0.15) is 0 Å². The van der Waals surface area contributed by atoms with Gasteiger partial charge in [0.2, 0.25) is 5.91 Å². The Morgan fingerprint density at radius 2 is 1.87 bits per heavy atom. The summed E-state index contributed by atoms with van der Waals surface area (Å²) >= 11 is 0. The summed E-state index contributed by atoms with van der Waals surface area (Å²) in [4.78, 5) is 14.1. The van der Waals surface area contributed by atoms with E-state index in [-0.39, 0.29) is 17.9 Å². The highest BCUT2D eigenvalue weighted by atomic mass is 16.5. The standard InChI is InChI=1S/C11H20N2O2/c1-7-3-13(4-8(7)2)11(14)9-5-15-6-10(9)12/h7-10H,3-6,12H2,1-2H3. The average Bonchev–Trinajstić information content (AvgIpc) is 2.74. The number of nitrogens with two attached hydrogens (primary N) is 1. The van der Waals surface area contributed by atoms with E-state index >= 15 is 0 Å². The first-order chi connectivity index (χ1) is 7.09. The second-order valence-corrected chi connectivity index (χ2v) is 5.01. The largest absolute Gasteiger partial charge is 0.379 e. The van der Waals surface area contributed by atoms with E-state index in [9.17, 15) is 4.79 Å². The minimum Gasteiger partial charge on any atom is -0.379 e. The topological polar surface area (TPSA) is 55.6 Å². The van der Waals surface area contributed by atoms with Crippen LogP contribution in [-0.4, -0.2) is 43.2 Å². The number of likely N-dealkylation sites (tertiary alicyclic amines) is 1. The molecule has 15 heavy (non-hydrogen) atoms. The molecule has 1 amide bonds. The minimum atomic E-state index is -0.109. The predicted octanol–water partition coefficient (Wildman–Crippen LogP) is 0.0745. The van der Waals surface area contributed by atoms with Crippen LogP contribution in [-0.2, 0) is 9.53 Å². The maximum absolute atomic E-state index is 12.1. The normalized spacial score (nSPS) is 41.1. The third-order valence-electron chi connectivity index (χ3n) is 3.74. The molecule has 4 heteroatoms. The third-order valence-corrected chi connectivity index (χ3v) is 3.74. The van der Waals surface area contributed by atoms with Crippen molar-refractivity contribution in [2.24, 2.45) is 23.5 Å². The molecule has 0 aliphatic carbocycles. The van der Waals surface area contributed by atoms with Crippen molar-refractivity contribution in [3.05, 3.63) is 0 Å². The molecule has 0 aromatic carbocycles. The number of hydrogen-bond acceptors (Lipinski definition) is 3. The van der Waals surface area contributed by atoms with E-state index in [0.717, 1.165) is 13.1 Å². The van der Waals surface area contributed by atoms with E-state index in [1.54, 1.807) is 0 Å². The van der Waals surface area contributed by atoms with Crippen LogP contribution in [0.2, 0.25) is 0 Å². The summed E-state index contributed by atoms with van der Waals surface area (Å²) in [6, 6.07) is -0.108. The van der Waals surface area contributed by atoms with Gasteiger partial charge >= 0.3 is 0 Å². The van der Waals surface area contributed by atoms with Crippen molar-refractivity contribution < 1.29 is 9.53 Å². The summed E-state index contributed by atoms with van der Waals surface area (Å²) in [6.45, 7) is 7.17. The molecule has 0 spiro atoms. The zero-order valence-electron chi connectivity index (χ0n) is 9.48. The Morgan fingerprint density at radius 1 is 1.27 bits per heavy atom. The van der Waals surface area contributed by atoms with Crippen LogP contribution in [0.15, 0.2) is 0 Å². The molecule has 86 valence electrons. The summed E-state index contributed by atoms with van der Waals surface area (Å²) in [5.41, 5.74) is 5.84. The van der Waals surface area contributed by atoms with Gasteiger partial charge in [-0.2, -0.15) is 0 Å². The Morgan fingerprint density at radius 3 is 2.33 bits per heavy atom. The lowest BCUT2D eigenvalue weighted by Crippen LogP contribution is -2.42. The van der Waals surface area contributed by atoms with Gasteiger partial charge < -0.3 is 15.4 Å². The molecule has 0 aromatic rings. The summed E-state index contributed by atoms with van der Waals surface area (Å²) in [7, 11) is 0. The van der Waals surface area contributed by atoms with Crippen molar-refractivity contribution in [1.29, 1.82) is 0 Å². The van der Waals surface area contributed by atoms with Crippen LogP contribution in [0.4, 0.5) is 0 Å². The number of ether oxygens (including phenoxy) is 1. The smallest absolute Gasteiger partial charge is 0.229 e. The first kappa shape index (κ1) is 10.9. The van der Waals surface area contributed by atoms with Gasteiger partial charge in [-0.1, -0.05) is 13.8 Å². The summed E-state index contributed by atoms with van der Waals surface area (Å²) in [5.74, 6) is 1.29. The fraction of sp³-hybridized carbons (Fsp3) is 0.909. The number of carbonyl (C=O) groups is 1. The van der Waals surface area contributed by atoms with Crippen molar-refractivity contribution >= 4 is 5.91 Å². The quantitative estimate of drug-likeness (QED) is 0.669. The fourth-order valence-corrected chi connectivity index (χ4v) is 2.37. The molecule has 0 radical (unpaired) electrons. The maximum atomic E-state index is 12.1. The average molecular weight is 212 g/mol. The number of nitrogens with zero attached hydrogens (tertiary/aromatic N) is 1. The van der Waals surface area contributed by atoms with Crippen molar-refractivity contribution in [1.82, 2.24) is 4.90 Å². The van der Waals surface area contributed by atoms with Crippen molar-refractivity contribution in [2.75, 3.05) is 26.3 Å². The van der Waals surface area contributed by atoms with Crippen molar-refractivity contribution in [3.8, 4) is 0 Å². The molecule has 4 unspecified atom stereocenters. The van der Waals surface area contributed by atoms with Crippen molar-refractivity contribution in [3.63, 3.8) is 0 Å². The van der Waals surface area contributed by atoms with Gasteiger partial charge in [0.25, 0.3) is 0 Å². The van der Waals surface area contributed by atoms with Gasteiger partial charge in [0.15, 0.2) is 0 Å². The zero-order valence-corrected chi connectivity index (χ0v) is 9.48. The molecule has 2 aliphatic rings. The second-order valence-electron chi connectivity index (χ2n) is 5.01. The maximum Gasteiger partial charge on any atom is 0.229 e. The van der Waals surface area contributed by atoms with Crippen molar-refractivity contribution in [2.45, 2.75) is 19.9 Å². The van der Waals surface area contributed by atoms with Crippen LogP contribution in [0.25, 0.3) is 0 Å². The molecule has 2 heterocycles. The Hall–Kier alpha value is -0.610. The molecule has 2 saturated heterocycles. The van der Waals surface area contributed by atoms with Gasteiger partial charge in [-0.15, -0.1) is 0 Å². The highest BCUT2D eigenvalue weighted by molar-refractivity contribution is 5.80. The molecular formula is C11H20N2O2. The van der Waals surface area contributed by atoms with Gasteiger partial charge in [-0.05, 0) is 11.8 Å². The highest BCUT2D eigenvalue weighted by Crippen LogP contribution is 2.25. The summed E-state index contributed by atoms with van der Waals surface area (Å²) in [5, 5.41) is 0. The molecule has 2 rings (SSSR count). The lowest BCUT2D eigenvalue weighted by Gasteiger charge is -2.21. The monoisotopic (exact) mass is 212 g/mol. The van der Waals surface area contributed by atoms with E-state index < -0.39 is 0 Å². The first-order valence-corrected chi connectivity index (χ1v) is 5.71. The van der Waals surface area contributed by atoms with E-state index in [4.69, 9.17) is 10.5 Å². The Kier molecular flexibility index (Phi) is 2.98. The van der Waals surface area contributed by atoms with Crippen LogP contribution in [0.3, 0.4) is 0 Å². The molecule has 0 saturated carbocycles. The Balaban J connectivity index is 1.97. The van der Waals surface area contributed by atoms with Crippen LogP contribution >= 0.6 is 0 Å². The second kappa shape index (κ2) is 4.10. The molecule has 4 atom stereocenters. The highest BCUT2D eigenvalue weighted by Gasteiger charge is 2.38. The van der Waals surface area contributed by atoms with Gasteiger partial charge in [0, 0.05) is 19.1 Å². The van der Waals surface area contributed by atoms with E-state index in [1.807, 2.05) is 4.90 Å². The van der Waals surface area contributed by atoms with Gasteiger partial charge in [-0.3, -0.25) is 4.79 Å². The van der Waals surface area contributed by atoms with E-state index in [1.165, 1.54) is 0 Å². The molecule has 2 fully saturated rings. The number of carbonyl (C=O) groups excluding carboxylic acids is 1. The molecule has 0 aromatic heterocycles. The molecule has 2 aliphatic heterocycles. The molecular weight excluding hydrogens is 192 g/mol. The Bertz CT molecular complexity index is 247. The van der Waals surface area contributed by atoms with Crippen LogP contribution in [0, 0.1) is 17.8 Å². The lowest BCUT2D eigenvalue weighted by molar-refractivity contribution is -0.134. The van der Waals surface area contributed by atoms with Crippen LogP contribution in [0.1, 0.15) is 13.8 Å². The van der Waals surface area contributed by atoms with E-state index in [2.05, 4.69) is 13.8 Å². The molecule has 0 bridgehead atoms.